The fraction of sp³-hybridized carbons (Fsp3) is 0. The van der Waals surface area contributed by atoms with E-state index in [9.17, 15) is 0 Å². The van der Waals surface area contributed by atoms with Gasteiger partial charge < -0.3 is 9.80 Å². The van der Waals surface area contributed by atoms with Crippen LogP contribution in [0.4, 0.5) is 34.1 Å². The van der Waals surface area contributed by atoms with Crippen molar-refractivity contribution in [3.05, 3.63) is 376 Å². The Hall–Kier alpha value is -12.6. The molecule has 2 heteroatoms. The van der Waals surface area contributed by atoms with Crippen LogP contribution in [0, 0.1) is 0 Å². The van der Waals surface area contributed by atoms with Crippen molar-refractivity contribution >= 4 is 110 Å². The summed E-state index contributed by atoms with van der Waals surface area (Å²) in [5.41, 5.74) is 20.9. The molecule has 18 aromatic carbocycles. The number of anilines is 6. The molecule has 0 atom stereocenters. The lowest BCUT2D eigenvalue weighted by Gasteiger charge is -2.26. The van der Waals surface area contributed by atoms with E-state index < -0.39 is 0 Å². The molecule has 0 radical (unpaired) electrons. The first-order valence-electron chi connectivity index (χ1n) is 33.1. The Bertz CT molecular complexity index is 5860. The van der Waals surface area contributed by atoms with Gasteiger partial charge in [-0.15, -0.1) is 0 Å². The topological polar surface area (TPSA) is 6.48 Å². The van der Waals surface area contributed by atoms with Crippen molar-refractivity contribution in [3.63, 3.8) is 0 Å². The molecular weight excluding hydrogens is 1160 g/mol. The molecule has 448 valence electrons. The van der Waals surface area contributed by atoms with Gasteiger partial charge in [-0.1, -0.05) is 279 Å². The third-order valence-electron chi connectivity index (χ3n) is 19.6. The van der Waals surface area contributed by atoms with Crippen molar-refractivity contribution in [1.82, 2.24) is 0 Å². The van der Waals surface area contributed by atoms with E-state index in [0.29, 0.717) is 0 Å². The first kappa shape index (κ1) is 56.2. The van der Waals surface area contributed by atoms with Crippen molar-refractivity contribution in [2.75, 3.05) is 9.80 Å². The van der Waals surface area contributed by atoms with Crippen LogP contribution in [0.5, 0.6) is 0 Å². The minimum atomic E-state index is 1.09. The lowest BCUT2D eigenvalue weighted by Crippen LogP contribution is -2.09. The monoisotopic (exact) mass is 1220 g/mol. The fourth-order valence-electron chi connectivity index (χ4n) is 14.6. The SMILES string of the molecule is c1ccc(-c2ccc(N(c3ccc(-c4ccccc4)cc3)c3ccc(-c4ccc5c(ccc6c7cc(-c8ccc9cc(N(c%10ccc(-c%11ccccc%11)cc%10)c%10ccc(-c%11ccc%12c(ccc%13c%14ccccc%14ccc%12%13)c%11)cc%10)ccc9c8)ccc7ccc56)c4)cc3)cc2)cc1. The Labute approximate surface area is 558 Å². The van der Waals surface area contributed by atoms with E-state index in [0.717, 1.165) is 34.1 Å². The van der Waals surface area contributed by atoms with Gasteiger partial charge in [-0.25, -0.2) is 0 Å². The summed E-state index contributed by atoms with van der Waals surface area (Å²) in [6.45, 7) is 0. The van der Waals surface area contributed by atoms with Crippen LogP contribution in [-0.2, 0) is 0 Å². The molecule has 0 amide bonds. The van der Waals surface area contributed by atoms with Crippen LogP contribution < -0.4 is 9.80 Å². The zero-order valence-corrected chi connectivity index (χ0v) is 52.7. The lowest BCUT2D eigenvalue weighted by atomic mass is 9.93. The zero-order chi connectivity index (χ0) is 63.5. The zero-order valence-electron chi connectivity index (χ0n) is 52.7. The second kappa shape index (κ2) is 23.8. The van der Waals surface area contributed by atoms with Crippen molar-refractivity contribution in [2.24, 2.45) is 0 Å². The van der Waals surface area contributed by atoms with E-state index in [1.807, 2.05) is 0 Å². The van der Waals surface area contributed by atoms with Gasteiger partial charge in [0.2, 0.25) is 0 Å². The normalized spacial score (nSPS) is 11.5. The summed E-state index contributed by atoms with van der Waals surface area (Å²) in [5.74, 6) is 0. The Balaban J connectivity index is 0.633. The summed E-state index contributed by atoms with van der Waals surface area (Å²) in [4.78, 5) is 4.73. The molecule has 0 aliphatic rings. The van der Waals surface area contributed by atoms with E-state index in [1.165, 1.54) is 142 Å². The number of rotatable bonds is 12. The average molecular weight is 1220 g/mol. The van der Waals surface area contributed by atoms with Crippen molar-refractivity contribution in [3.8, 4) is 66.8 Å². The van der Waals surface area contributed by atoms with E-state index in [2.05, 4.69) is 386 Å². The molecule has 18 aromatic rings. The average Bonchev–Trinajstić information content (AvgIpc) is 0.815. The van der Waals surface area contributed by atoms with Crippen LogP contribution in [0.15, 0.2) is 376 Å². The highest BCUT2D eigenvalue weighted by molar-refractivity contribution is 6.19. The van der Waals surface area contributed by atoms with Crippen LogP contribution >= 0.6 is 0 Å². The number of nitrogens with zero attached hydrogens (tertiary/aromatic N) is 2. The number of hydrogen-bond donors (Lipinski definition) is 0. The van der Waals surface area contributed by atoms with Crippen molar-refractivity contribution < 1.29 is 0 Å². The maximum absolute atomic E-state index is 2.39. The van der Waals surface area contributed by atoms with E-state index >= 15 is 0 Å². The highest BCUT2D eigenvalue weighted by Crippen LogP contribution is 2.43. The summed E-state index contributed by atoms with van der Waals surface area (Å²) >= 11 is 0. The van der Waals surface area contributed by atoms with Crippen LogP contribution in [-0.4, -0.2) is 0 Å². The molecule has 0 aliphatic heterocycles. The summed E-state index contributed by atoms with van der Waals surface area (Å²) in [7, 11) is 0. The fourth-order valence-corrected chi connectivity index (χ4v) is 14.6. The Morgan fingerprint density at radius 2 is 0.354 bits per heavy atom. The highest BCUT2D eigenvalue weighted by atomic mass is 15.1. The molecule has 0 spiro atoms. The van der Waals surface area contributed by atoms with Gasteiger partial charge in [-0.3, -0.25) is 0 Å². The molecule has 2 nitrogen and oxygen atoms in total. The van der Waals surface area contributed by atoms with Crippen LogP contribution in [0.3, 0.4) is 0 Å². The smallest absolute Gasteiger partial charge is 0.0468 e. The molecular formula is C94H62N2. The van der Waals surface area contributed by atoms with Gasteiger partial charge in [-0.05, 0) is 239 Å². The minimum Gasteiger partial charge on any atom is -0.311 e. The Morgan fingerprint density at radius 3 is 0.802 bits per heavy atom. The largest absolute Gasteiger partial charge is 0.311 e. The maximum atomic E-state index is 2.39. The predicted molar refractivity (Wildman–Crippen MR) is 411 cm³/mol. The maximum Gasteiger partial charge on any atom is 0.0468 e. The van der Waals surface area contributed by atoms with Gasteiger partial charge >= 0.3 is 0 Å². The molecule has 0 heterocycles. The van der Waals surface area contributed by atoms with Gasteiger partial charge in [0.05, 0.1) is 0 Å². The molecule has 0 bridgehead atoms. The van der Waals surface area contributed by atoms with Crippen molar-refractivity contribution in [1.29, 1.82) is 0 Å². The molecule has 0 N–H and O–H groups in total. The predicted octanol–water partition coefficient (Wildman–Crippen LogP) is 26.7. The highest BCUT2D eigenvalue weighted by Gasteiger charge is 2.18. The first-order valence-corrected chi connectivity index (χ1v) is 33.1. The second-order valence-corrected chi connectivity index (χ2v) is 25.2. The molecule has 0 fully saturated rings. The second-order valence-electron chi connectivity index (χ2n) is 25.2. The molecule has 18 rings (SSSR count). The molecule has 96 heavy (non-hydrogen) atoms. The molecule has 0 saturated heterocycles. The first-order chi connectivity index (χ1) is 47.5. The van der Waals surface area contributed by atoms with Gasteiger partial charge in [0.15, 0.2) is 0 Å². The molecule has 0 aromatic heterocycles. The van der Waals surface area contributed by atoms with Crippen LogP contribution in [0.1, 0.15) is 0 Å². The number of fused-ring (bicyclic) bond motifs is 11. The summed E-state index contributed by atoms with van der Waals surface area (Å²) < 4.78 is 0. The lowest BCUT2D eigenvalue weighted by molar-refractivity contribution is 1.28. The van der Waals surface area contributed by atoms with Crippen LogP contribution in [0.2, 0.25) is 0 Å². The minimum absolute atomic E-state index is 1.09. The molecule has 0 aliphatic carbocycles. The summed E-state index contributed by atoms with van der Waals surface area (Å²) in [6, 6.07) is 138. The Kier molecular flexibility index (Phi) is 13.9. The van der Waals surface area contributed by atoms with E-state index in [1.54, 1.807) is 0 Å². The summed E-state index contributed by atoms with van der Waals surface area (Å²) in [6.07, 6.45) is 0. The quantitative estimate of drug-likeness (QED) is 0.113. The van der Waals surface area contributed by atoms with Gasteiger partial charge in [-0.2, -0.15) is 0 Å². The number of benzene rings is 18. The van der Waals surface area contributed by atoms with Gasteiger partial charge in [0, 0.05) is 34.1 Å². The third kappa shape index (κ3) is 10.4. The van der Waals surface area contributed by atoms with Gasteiger partial charge in [0.25, 0.3) is 0 Å². The molecule has 0 saturated carbocycles. The third-order valence-corrected chi connectivity index (χ3v) is 19.6. The standard InChI is InChI=1S/C94H62N2/c1-4-12-63(13-5-1)66-24-41-81(42-25-66)95(82-43-26-67(27-44-82)64-14-6-2-7-15-64)83-47-30-69(31-48-83)74-38-53-89-80(60-74)40-57-93-92(89)55-36-72-20-21-78(62-94(72)93)75-22-23-77-61-86(51-34-76(77)58-75)96(84-45-28-68(29-46-84)65-16-8-3-9-17-65)85-49-32-70(33-50-85)73-37-52-88-79(59-73)39-56-90-87-19-11-10-18-71(87)35-54-91(88)90/h1-62H. The van der Waals surface area contributed by atoms with E-state index in [4.69, 9.17) is 0 Å². The van der Waals surface area contributed by atoms with Crippen molar-refractivity contribution in [2.45, 2.75) is 0 Å². The van der Waals surface area contributed by atoms with Gasteiger partial charge in [0.1, 0.15) is 0 Å². The number of hydrogen-bond acceptors (Lipinski definition) is 2. The van der Waals surface area contributed by atoms with Crippen LogP contribution in [0.25, 0.3) is 142 Å². The summed E-state index contributed by atoms with van der Waals surface area (Å²) in [5, 5.41) is 17.5. The van der Waals surface area contributed by atoms with E-state index in [-0.39, 0.29) is 0 Å². The molecule has 0 unspecified atom stereocenters. The Morgan fingerprint density at radius 1 is 0.115 bits per heavy atom.